The third-order valence-electron chi connectivity index (χ3n) is 2.24. The van der Waals surface area contributed by atoms with E-state index in [4.69, 9.17) is 28.9 Å². The van der Waals surface area contributed by atoms with Gasteiger partial charge >= 0.3 is 0 Å². The summed E-state index contributed by atoms with van der Waals surface area (Å²) in [5.41, 5.74) is 6.80. The van der Waals surface area contributed by atoms with Crippen molar-refractivity contribution in [1.29, 1.82) is 0 Å². The summed E-state index contributed by atoms with van der Waals surface area (Å²) in [6.07, 6.45) is 1.43. The van der Waals surface area contributed by atoms with E-state index in [0.29, 0.717) is 25.7 Å². The Morgan fingerprint density at radius 1 is 1.44 bits per heavy atom. The van der Waals surface area contributed by atoms with Gasteiger partial charge in [0.05, 0.1) is 16.9 Å². The molecule has 4 nitrogen and oxygen atoms in total. The standard InChI is InChI=1S/C11H9Cl2N3OS/c1-5-2-6(12)3-7(13)9(5)16-10(17)8-4-15-11(14)18-8/h2-4H,1H3,(H2,14,15)(H,16,17). The maximum atomic E-state index is 11.9. The zero-order chi connectivity index (χ0) is 13.3. The lowest BCUT2D eigenvalue weighted by molar-refractivity contribution is 0.103. The average molecular weight is 302 g/mol. The molecule has 0 saturated carbocycles. The van der Waals surface area contributed by atoms with Crippen LogP contribution in [0.15, 0.2) is 18.3 Å². The minimum absolute atomic E-state index is 0.295. The van der Waals surface area contributed by atoms with Crippen LogP contribution in [-0.4, -0.2) is 10.9 Å². The number of benzene rings is 1. The summed E-state index contributed by atoms with van der Waals surface area (Å²) in [7, 11) is 0. The number of nitrogens with one attached hydrogen (secondary N) is 1. The maximum Gasteiger partial charge on any atom is 0.267 e. The first-order chi connectivity index (χ1) is 8.47. The summed E-state index contributed by atoms with van der Waals surface area (Å²) in [4.78, 5) is 16.2. The topological polar surface area (TPSA) is 68.0 Å². The van der Waals surface area contributed by atoms with Crippen LogP contribution in [0.2, 0.25) is 10.0 Å². The van der Waals surface area contributed by atoms with Crippen molar-refractivity contribution < 1.29 is 4.79 Å². The normalized spacial score (nSPS) is 10.4. The monoisotopic (exact) mass is 301 g/mol. The van der Waals surface area contributed by atoms with Gasteiger partial charge in [0.25, 0.3) is 5.91 Å². The second-order valence-electron chi connectivity index (χ2n) is 3.60. The molecule has 0 aliphatic rings. The van der Waals surface area contributed by atoms with E-state index in [1.807, 2.05) is 6.92 Å². The molecule has 3 N–H and O–H groups in total. The Bertz CT molecular complexity index is 589. The van der Waals surface area contributed by atoms with Crippen LogP contribution in [0.1, 0.15) is 15.2 Å². The first kappa shape index (κ1) is 13.1. The smallest absolute Gasteiger partial charge is 0.267 e. The van der Waals surface area contributed by atoms with Gasteiger partial charge in [-0.25, -0.2) is 4.98 Å². The SMILES string of the molecule is Cc1cc(Cl)cc(Cl)c1NC(=O)c1cnc(N)s1. The Kier molecular flexibility index (Phi) is 3.75. The lowest BCUT2D eigenvalue weighted by Crippen LogP contribution is -2.11. The Balaban J connectivity index is 2.27. The van der Waals surface area contributed by atoms with Crippen LogP contribution in [0.25, 0.3) is 0 Å². The number of nitrogens with two attached hydrogens (primary N) is 1. The average Bonchev–Trinajstić information content (AvgIpc) is 2.70. The summed E-state index contributed by atoms with van der Waals surface area (Å²) < 4.78 is 0. The Morgan fingerprint density at radius 3 is 2.72 bits per heavy atom. The van der Waals surface area contributed by atoms with Gasteiger partial charge in [-0.15, -0.1) is 0 Å². The second-order valence-corrected chi connectivity index (χ2v) is 5.50. The molecular formula is C11H9Cl2N3OS. The summed E-state index contributed by atoms with van der Waals surface area (Å²) in [5, 5.41) is 3.99. The quantitative estimate of drug-likeness (QED) is 0.890. The fourth-order valence-corrected chi connectivity index (χ4v) is 2.65. The number of amides is 1. The molecule has 1 heterocycles. The molecular weight excluding hydrogens is 293 g/mol. The molecule has 0 unspecified atom stereocenters. The van der Waals surface area contributed by atoms with Crippen molar-refractivity contribution in [3.63, 3.8) is 0 Å². The molecule has 94 valence electrons. The molecule has 0 bridgehead atoms. The largest absolute Gasteiger partial charge is 0.375 e. The molecule has 18 heavy (non-hydrogen) atoms. The van der Waals surface area contributed by atoms with Crippen molar-refractivity contribution in [2.45, 2.75) is 6.92 Å². The molecule has 0 aliphatic carbocycles. The molecule has 7 heteroatoms. The Morgan fingerprint density at radius 2 is 2.17 bits per heavy atom. The molecule has 1 aromatic heterocycles. The van der Waals surface area contributed by atoms with E-state index in [2.05, 4.69) is 10.3 Å². The predicted molar refractivity (Wildman–Crippen MR) is 75.7 cm³/mol. The van der Waals surface area contributed by atoms with Crippen molar-refractivity contribution in [1.82, 2.24) is 4.98 Å². The highest BCUT2D eigenvalue weighted by Gasteiger charge is 2.13. The molecule has 0 spiro atoms. The van der Waals surface area contributed by atoms with Gasteiger partial charge in [0.1, 0.15) is 4.88 Å². The first-order valence-corrected chi connectivity index (χ1v) is 6.53. The highest BCUT2D eigenvalue weighted by atomic mass is 35.5. The predicted octanol–water partition coefficient (Wildman–Crippen LogP) is 3.59. The Hall–Kier alpha value is -1.30. The number of hydrogen-bond donors (Lipinski definition) is 2. The van der Waals surface area contributed by atoms with Crippen LogP contribution in [0.3, 0.4) is 0 Å². The van der Waals surface area contributed by atoms with Crippen LogP contribution < -0.4 is 11.1 Å². The number of carbonyl (C=O) groups excluding carboxylic acids is 1. The number of halogens is 2. The third-order valence-corrected chi connectivity index (χ3v) is 3.58. The van der Waals surface area contributed by atoms with Crippen molar-refractivity contribution >= 4 is 51.3 Å². The van der Waals surface area contributed by atoms with E-state index in [9.17, 15) is 4.79 Å². The molecule has 0 saturated heterocycles. The van der Waals surface area contributed by atoms with Crippen LogP contribution in [0.5, 0.6) is 0 Å². The highest BCUT2D eigenvalue weighted by molar-refractivity contribution is 7.17. The first-order valence-electron chi connectivity index (χ1n) is 4.95. The molecule has 0 fully saturated rings. The minimum atomic E-state index is -0.295. The zero-order valence-electron chi connectivity index (χ0n) is 9.33. The van der Waals surface area contributed by atoms with Gasteiger partial charge in [-0.1, -0.05) is 34.5 Å². The Labute approximate surface area is 118 Å². The van der Waals surface area contributed by atoms with Crippen molar-refractivity contribution in [3.05, 3.63) is 38.8 Å². The van der Waals surface area contributed by atoms with Gasteiger partial charge in [-0.2, -0.15) is 0 Å². The molecule has 2 rings (SSSR count). The fourth-order valence-electron chi connectivity index (χ4n) is 1.43. The van der Waals surface area contributed by atoms with Crippen LogP contribution in [0, 0.1) is 6.92 Å². The van der Waals surface area contributed by atoms with Gasteiger partial charge in [-0.3, -0.25) is 4.79 Å². The lowest BCUT2D eigenvalue weighted by atomic mass is 10.2. The molecule has 0 aliphatic heterocycles. The maximum absolute atomic E-state index is 11.9. The molecule has 1 amide bonds. The van der Waals surface area contributed by atoms with Crippen LogP contribution >= 0.6 is 34.5 Å². The van der Waals surface area contributed by atoms with E-state index in [0.717, 1.165) is 16.9 Å². The number of rotatable bonds is 2. The van der Waals surface area contributed by atoms with Crippen molar-refractivity contribution in [3.8, 4) is 0 Å². The van der Waals surface area contributed by atoms with Gasteiger partial charge in [0.2, 0.25) is 0 Å². The number of anilines is 2. The van der Waals surface area contributed by atoms with E-state index < -0.39 is 0 Å². The van der Waals surface area contributed by atoms with Crippen LogP contribution in [-0.2, 0) is 0 Å². The third kappa shape index (κ3) is 2.75. The van der Waals surface area contributed by atoms with E-state index in [1.54, 1.807) is 12.1 Å². The number of aromatic nitrogens is 1. The second kappa shape index (κ2) is 5.14. The highest BCUT2D eigenvalue weighted by Crippen LogP contribution is 2.30. The van der Waals surface area contributed by atoms with Gasteiger partial charge < -0.3 is 11.1 Å². The van der Waals surface area contributed by atoms with Crippen LogP contribution in [0.4, 0.5) is 10.8 Å². The number of hydrogen-bond acceptors (Lipinski definition) is 4. The number of carbonyl (C=O) groups is 1. The molecule has 0 radical (unpaired) electrons. The lowest BCUT2D eigenvalue weighted by Gasteiger charge is -2.09. The zero-order valence-corrected chi connectivity index (χ0v) is 11.7. The molecule has 2 aromatic rings. The van der Waals surface area contributed by atoms with E-state index in [-0.39, 0.29) is 5.91 Å². The number of aryl methyl sites for hydroxylation is 1. The number of nitrogens with zero attached hydrogens (tertiary/aromatic N) is 1. The van der Waals surface area contributed by atoms with Crippen molar-refractivity contribution in [2.24, 2.45) is 0 Å². The summed E-state index contributed by atoms with van der Waals surface area (Å²) in [5.74, 6) is -0.295. The number of nitrogen functional groups attached to an aromatic ring is 1. The molecule has 1 aromatic carbocycles. The summed E-state index contributed by atoms with van der Waals surface area (Å²) >= 11 is 13.0. The van der Waals surface area contributed by atoms with Gasteiger partial charge in [0.15, 0.2) is 5.13 Å². The number of thiazole rings is 1. The fraction of sp³-hybridized carbons (Fsp3) is 0.0909. The van der Waals surface area contributed by atoms with E-state index >= 15 is 0 Å². The minimum Gasteiger partial charge on any atom is -0.375 e. The summed E-state index contributed by atoms with van der Waals surface area (Å²) in [6.45, 7) is 1.81. The van der Waals surface area contributed by atoms with Gasteiger partial charge in [0, 0.05) is 5.02 Å². The van der Waals surface area contributed by atoms with Gasteiger partial charge in [-0.05, 0) is 24.6 Å². The van der Waals surface area contributed by atoms with Crippen molar-refractivity contribution in [2.75, 3.05) is 11.1 Å². The summed E-state index contributed by atoms with van der Waals surface area (Å²) in [6, 6.07) is 3.30. The van der Waals surface area contributed by atoms with E-state index in [1.165, 1.54) is 6.20 Å². The molecule has 0 atom stereocenters.